The maximum atomic E-state index is 9.97. The summed E-state index contributed by atoms with van der Waals surface area (Å²) in [4.78, 5) is 4.11. The van der Waals surface area contributed by atoms with Gasteiger partial charge in [-0.3, -0.25) is 5.43 Å². The molecule has 3 rings (SSSR count). The first kappa shape index (κ1) is 12.2. The number of phenols is 1. The maximum absolute atomic E-state index is 9.97. The van der Waals surface area contributed by atoms with E-state index in [9.17, 15) is 5.11 Å². The third kappa shape index (κ3) is 2.44. The van der Waals surface area contributed by atoms with Crippen molar-refractivity contribution < 1.29 is 5.11 Å². The van der Waals surface area contributed by atoms with Gasteiger partial charge in [-0.05, 0) is 29.0 Å². The molecule has 20 heavy (non-hydrogen) atoms. The highest BCUT2D eigenvalue weighted by molar-refractivity contribution is 6.02. The lowest BCUT2D eigenvalue weighted by molar-refractivity contribution is 0.475. The van der Waals surface area contributed by atoms with Crippen molar-refractivity contribution in [3.05, 3.63) is 66.4 Å². The number of fused-ring (bicyclic) bond motifs is 1. The molecule has 0 aliphatic rings. The molecule has 0 unspecified atom stereocenters. The Morgan fingerprint density at radius 2 is 1.85 bits per heavy atom. The van der Waals surface area contributed by atoms with Crippen molar-refractivity contribution in [1.82, 2.24) is 4.98 Å². The van der Waals surface area contributed by atoms with Crippen molar-refractivity contribution in [2.45, 2.75) is 0 Å². The van der Waals surface area contributed by atoms with Gasteiger partial charge in [-0.15, -0.1) is 0 Å². The van der Waals surface area contributed by atoms with E-state index in [0.717, 1.165) is 10.8 Å². The lowest BCUT2D eigenvalue weighted by Crippen LogP contribution is -1.93. The topological polar surface area (TPSA) is 57.5 Å². The van der Waals surface area contributed by atoms with E-state index in [0.29, 0.717) is 11.4 Å². The summed E-state index contributed by atoms with van der Waals surface area (Å²) in [6.07, 6.45) is 3.29. The van der Waals surface area contributed by atoms with Gasteiger partial charge < -0.3 is 5.11 Å². The molecular weight excluding hydrogens is 250 g/mol. The number of hydrogen-bond acceptors (Lipinski definition) is 4. The zero-order valence-electron chi connectivity index (χ0n) is 10.7. The number of phenolic OH excluding ortho intramolecular Hbond substituents is 1. The highest BCUT2D eigenvalue weighted by atomic mass is 16.3. The predicted molar refractivity (Wildman–Crippen MR) is 81.1 cm³/mol. The van der Waals surface area contributed by atoms with Crippen LogP contribution in [0.1, 0.15) is 5.56 Å². The largest absolute Gasteiger partial charge is 0.507 e. The Morgan fingerprint density at radius 3 is 2.70 bits per heavy atom. The second-order valence-corrected chi connectivity index (χ2v) is 4.30. The van der Waals surface area contributed by atoms with Gasteiger partial charge in [0, 0.05) is 11.8 Å². The molecule has 0 aliphatic carbocycles. The van der Waals surface area contributed by atoms with E-state index >= 15 is 0 Å². The molecule has 2 N–H and O–H groups in total. The average molecular weight is 263 g/mol. The van der Waals surface area contributed by atoms with Crippen molar-refractivity contribution >= 4 is 22.8 Å². The maximum Gasteiger partial charge on any atom is 0.146 e. The van der Waals surface area contributed by atoms with Crippen LogP contribution in [0.25, 0.3) is 10.8 Å². The second kappa shape index (κ2) is 5.40. The van der Waals surface area contributed by atoms with E-state index in [1.54, 1.807) is 18.5 Å². The first-order valence-electron chi connectivity index (χ1n) is 6.25. The quantitative estimate of drug-likeness (QED) is 0.562. The smallest absolute Gasteiger partial charge is 0.146 e. The van der Waals surface area contributed by atoms with Crippen LogP contribution in [0.2, 0.25) is 0 Å². The van der Waals surface area contributed by atoms with E-state index < -0.39 is 0 Å². The van der Waals surface area contributed by atoms with Crippen molar-refractivity contribution in [2.24, 2.45) is 5.10 Å². The van der Waals surface area contributed by atoms with Gasteiger partial charge in [0.1, 0.15) is 11.6 Å². The first-order chi connectivity index (χ1) is 9.84. The van der Waals surface area contributed by atoms with Crippen molar-refractivity contribution in [3.8, 4) is 5.75 Å². The zero-order chi connectivity index (χ0) is 13.8. The zero-order valence-corrected chi connectivity index (χ0v) is 10.7. The molecule has 0 spiro atoms. The number of rotatable bonds is 3. The van der Waals surface area contributed by atoms with E-state index in [1.165, 1.54) is 0 Å². The molecule has 0 fully saturated rings. The Bertz CT molecular complexity index is 754. The minimum Gasteiger partial charge on any atom is -0.507 e. The molecule has 0 saturated heterocycles. The molecule has 3 aromatic rings. The van der Waals surface area contributed by atoms with Crippen LogP contribution in [-0.2, 0) is 0 Å². The number of hydrazone groups is 1. The van der Waals surface area contributed by atoms with Crippen molar-refractivity contribution in [2.75, 3.05) is 5.43 Å². The van der Waals surface area contributed by atoms with Crippen molar-refractivity contribution in [3.63, 3.8) is 0 Å². The normalized spacial score (nSPS) is 11.0. The Morgan fingerprint density at radius 1 is 1.00 bits per heavy atom. The number of nitrogens with one attached hydrogen (secondary N) is 1. The number of benzene rings is 2. The molecular formula is C16H13N3O. The minimum atomic E-state index is 0.204. The second-order valence-electron chi connectivity index (χ2n) is 4.30. The minimum absolute atomic E-state index is 0.204. The third-order valence-electron chi connectivity index (χ3n) is 2.99. The molecule has 2 aromatic carbocycles. The fourth-order valence-corrected chi connectivity index (χ4v) is 2.01. The summed E-state index contributed by atoms with van der Waals surface area (Å²) in [6, 6.07) is 16.9. The molecule has 1 aromatic heterocycles. The predicted octanol–water partition coefficient (Wildman–Crippen LogP) is 3.39. The monoisotopic (exact) mass is 263 g/mol. The number of hydrogen-bond donors (Lipinski definition) is 2. The summed E-state index contributed by atoms with van der Waals surface area (Å²) in [7, 11) is 0. The van der Waals surface area contributed by atoms with Crippen molar-refractivity contribution in [1.29, 1.82) is 0 Å². The Balaban J connectivity index is 1.92. The fraction of sp³-hybridized carbons (Fsp3) is 0. The van der Waals surface area contributed by atoms with Crippen LogP contribution in [0.15, 0.2) is 65.9 Å². The number of nitrogens with zero attached hydrogens (tertiary/aromatic N) is 2. The number of aromatic nitrogens is 1. The van der Waals surface area contributed by atoms with Crippen LogP contribution in [0.4, 0.5) is 5.82 Å². The summed E-state index contributed by atoms with van der Waals surface area (Å²) in [6.45, 7) is 0. The molecule has 4 nitrogen and oxygen atoms in total. The molecule has 4 heteroatoms. The van der Waals surface area contributed by atoms with Crippen LogP contribution in [0.5, 0.6) is 5.75 Å². The van der Waals surface area contributed by atoms with Gasteiger partial charge in [0.05, 0.1) is 6.21 Å². The summed E-state index contributed by atoms with van der Waals surface area (Å²) in [5, 5.41) is 16.1. The molecule has 0 saturated carbocycles. The molecule has 0 atom stereocenters. The standard InChI is InChI=1S/C16H13N3O/c20-15-9-8-12-5-1-2-6-13(12)14(15)11-18-19-16-7-3-4-10-17-16/h1-11,20H,(H,17,19)/b18-11-. The van der Waals surface area contributed by atoms with Crippen LogP contribution in [0.3, 0.4) is 0 Å². The van der Waals surface area contributed by atoms with E-state index in [4.69, 9.17) is 0 Å². The Labute approximate surface area is 116 Å². The van der Waals surface area contributed by atoms with Gasteiger partial charge in [0.2, 0.25) is 0 Å². The van der Waals surface area contributed by atoms with Gasteiger partial charge in [-0.25, -0.2) is 4.98 Å². The molecule has 0 bridgehead atoms. The fourth-order valence-electron chi connectivity index (χ4n) is 2.01. The summed E-state index contributed by atoms with van der Waals surface area (Å²) in [5.41, 5.74) is 3.52. The van der Waals surface area contributed by atoms with Crippen LogP contribution in [0, 0.1) is 0 Å². The summed E-state index contributed by atoms with van der Waals surface area (Å²) < 4.78 is 0. The SMILES string of the molecule is Oc1ccc2ccccc2c1/C=N\Nc1ccccn1. The van der Waals surface area contributed by atoms with E-state index in [2.05, 4.69) is 15.5 Å². The van der Waals surface area contributed by atoms with E-state index in [1.807, 2.05) is 48.5 Å². The third-order valence-corrected chi connectivity index (χ3v) is 2.99. The number of aromatic hydroxyl groups is 1. The molecule has 0 radical (unpaired) electrons. The lowest BCUT2D eigenvalue weighted by Gasteiger charge is -2.04. The summed E-state index contributed by atoms with van der Waals surface area (Å²) in [5.74, 6) is 0.860. The Hall–Kier alpha value is -2.88. The first-order valence-corrected chi connectivity index (χ1v) is 6.25. The van der Waals surface area contributed by atoms with Gasteiger partial charge in [-0.2, -0.15) is 5.10 Å². The van der Waals surface area contributed by atoms with Crippen LogP contribution >= 0.6 is 0 Å². The number of anilines is 1. The molecule has 98 valence electrons. The average Bonchev–Trinajstić information content (AvgIpc) is 2.50. The van der Waals surface area contributed by atoms with Gasteiger partial charge in [0.15, 0.2) is 0 Å². The molecule has 0 aliphatic heterocycles. The van der Waals surface area contributed by atoms with Gasteiger partial charge >= 0.3 is 0 Å². The van der Waals surface area contributed by atoms with Crippen LogP contribution in [-0.4, -0.2) is 16.3 Å². The highest BCUT2D eigenvalue weighted by Gasteiger charge is 2.03. The number of pyridine rings is 1. The highest BCUT2D eigenvalue weighted by Crippen LogP contribution is 2.25. The van der Waals surface area contributed by atoms with Gasteiger partial charge in [-0.1, -0.05) is 36.4 Å². The van der Waals surface area contributed by atoms with E-state index in [-0.39, 0.29) is 5.75 Å². The molecule has 1 heterocycles. The molecule has 0 amide bonds. The lowest BCUT2D eigenvalue weighted by atomic mass is 10.0. The Kier molecular flexibility index (Phi) is 3.29. The summed E-state index contributed by atoms with van der Waals surface area (Å²) >= 11 is 0. The van der Waals surface area contributed by atoms with Gasteiger partial charge in [0.25, 0.3) is 0 Å². The van der Waals surface area contributed by atoms with Crippen LogP contribution < -0.4 is 5.43 Å².